The zero-order chi connectivity index (χ0) is 32.6. The number of methoxy groups -OCH3 is 1. The molecule has 1 aliphatic heterocycles. The molecule has 1 saturated heterocycles. The number of amides is 3. The molecule has 7 nitrogen and oxygen atoms in total. The van der Waals surface area contributed by atoms with Gasteiger partial charge in [-0.05, 0) is 61.6 Å². The first-order valence-electron chi connectivity index (χ1n) is 13.9. The van der Waals surface area contributed by atoms with E-state index in [0.29, 0.717) is 48.3 Å². The first-order chi connectivity index (χ1) is 20.5. The summed E-state index contributed by atoms with van der Waals surface area (Å²) in [5, 5.41) is 0. The molecule has 2 aliphatic rings. The third-order valence-corrected chi connectivity index (χ3v) is 8.56. The van der Waals surface area contributed by atoms with E-state index in [1.54, 1.807) is 4.90 Å². The maximum absolute atomic E-state index is 13.7. The van der Waals surface area contributed by atoms with Crippen molar-refractivity contribution in [2.24, 2.45) is 11.8 Å². The number of esters is 1. The van der Waals surface area contributed by atoms with Crippen LogP contribution in [0.25, 0.3) is 0 Å². The molecule has 2 aromatic carbocycles. The average Bonchev–Trinajstić information content (AvgIpc) is 3.44. The number of carbonyl (C=O) groups excluding carboxylic acids is 3. The van der Waals surface area contributed by atoms with E-state index in [-0.39, 0.29) is 42.9 Å². The van der Waals surface area contributed by atoms with Crippen LogP contribution >= 0.6 is 0 Å². The molecule has 14 heteroatoms. The third kappa shape index (κ3) is 7.10. The second-order valence-electron chi connectivity index (χ2n) is 11.3. The lowest BCUT2D eigenvalue weighted by Crippen LogP contribution is -2.48. The molecule has 240 valence electrons. The lowest BCUT2D eigenvalue weighted by Gasteiger charge is -2.33. The van der Waals surface area contributed by atoms with Crippen molar-refractivity contribution >= 4 is 23.6 Å². The van der Waals surface area contributed by atoms with E-state index >= 15 is 0 Å². The molecule has 0 N–H and O–H groups in total. The van der Waals surface area contributed by atoms with Crippen molar-refractivity contribution in [1.82, 2.24) is 9.80 Å². The molecule has 2 aromatic rings. The Morgan fingerprint density at radius 3 is 1.84 bits per heavy atom. The number of carbonyl (C=O) groups is 3. The molecular weight excluding hydrogens is 599 g/mol. The molecule has 0 aromatic heterocycles. The van der Waals surface area contributed by atoms with Crippen LogP contribution in [0.4, 0.5) is 41.2 Å². The zero-order valence-electron chi connectivity index (χ0n) is 24.2. The van der Waals surface area contributed by atoms with Gasteiger partial charge in [0.1, 0.15) is 5.82 Å². The minimum Gasteiger partial charge on any atom is -0.469 e. The second-order valence-corrected chi connectivity index (χ2v) is 11.3. The van der Waals surface area contributed by atoms with Gasteiger partial charge in [0.15, 0.2) is 0 Å². The number of halogens is 7. The molecule has 1 saturated carbocycles. The fourth-order valence-corrected chi connectivity index (χ4v) is 6.02. The van der Waals surface area contributed by atoms with E-state index < -0.39 is 53.0 Å². The maximum Gasteiger partial charge on any atom is 0.416 e. The summed E-state index contributed by atoms with van der Waals surface area (Å²) < 4.78 is 99.3. The Morgan fingerprint density at radius 1 is 0.818 bits per heavy atom. The standard InChI is InChI=1S/C30H32F7N3O4/c1-38(23-13-20(29(32,33)34)12-21(14-23)30(35,36)37)28(43)39(2)25-16-40(15-24(25)17-8-10-22(31)11-9-17)26(41)18-4-6-19(7-5-18)27(42)44-3/h8-14,18-19,24-25H,4-7,15-16H2,1-3H3/t18-,19-,24-,25+/m0/s1. The van der Waals surface area contributed by atoms with Gasteiger partial charge in [0.25, 0.3) is 0 Å². The lowest BCUT2D eigenvalue weighted by atomic mass is 9.81. The van der Waals surface area contributed by atoms with Crippen LogP contribution in [0.15, 0.2) is 42.5 Å². The van der Waals surface area contributed by atoms with E-state index in [4.69, 9.17) is 4.74 Å². The number of alkyl halides is 6. The van der Waals surface area contributed by atoms with Crippen molar-refractivity contribution in [3.8, 4) is 0 Å². The van der Waals surface area contributed by atoms with Crippen molar-refractivity contribution < 1.29 is 49.9 Å². The number of likely N-dealkylation sites (tertiary alicyclic amines) is 1. The predicted molar refractivity (Wildman–Crippen MR) is 145 cm³/mol. The molecule has 4 rings (SSSR count). The van der Waals surface area contributed by atoms with Crippen molar-refractivity contribution in [2.75, 3.05) is 39.2 Å². The number of likely N-dealkylation sites (N-methyl/N-ethyl adjacent to an activating group) is 1. The van der Waals surface area contributed by atoms with Crippen LogP contribution in [0.5, 0.6) is 0 Å². The number of nitrogens with zero attached hydrogens (tertiary/aromatic N) is 3. The summed E-state index contributed by atoms with van der Waals surface area (Å²) in [7, 11) is 3.73. The van der Waals surface area contributed by atoms with Crippen LogP contribution in [-0.2, 0) is 26.7 Å². The largest absolute Gasteiger partial charge is 0.469 e. The molecular formula is C30H32F7N3O4. The topological polar surface area (TPSA) is 70.2 Å². The fourth-order valence-electron chi connectivity index (χ4n) is 6.02. The minimum atomic E-state index is -5.10. The summed E-state index contributed by atoms with van der Waals surface area (Å²) in [6, 6.07) is 4.73. The Labute approximate surface area is 249 Å². The van der Waals surface area contributed by atoms with Crippen molar-refractivity contribution in [3.63, 3.8) is 0 Å². The molecule has 0 radical (unpaired) electrons. The maximum atomic E-state index is 13.7. The molecule has 0 bridgehead atoms. The molecule has 2 atom stereocenters. The number of hydrogen-bond acceptors (Lipinski definition) is 4. The van der Waals surface area contributed by atoms with Gasteiger partial charge in [-0.25, -0.2) is 9.18 Å². The van der Waals surface area contributed by atoms with E-state index in [2.05, 4.69) is 0 Å². The molecule has 1 heterocycles. The Kier molecular flexibility index (Phi) is 9.50. The van der Waals surface area contributed by atoms with Crippen LogP contribution < -0.4 is 4.90 Å². The molecule has 0 unspecified atom stereocenters. The second kappa shape index (κ2) is 12.6. The summed E-state index contributed by atoms with van der Waals surface area (Å²) in [6.07, 6.45) is -8.33. The van der Waals surface area contributed by atoms with Gasteiger partial charge in [0.2, 0.25) is 5.91 Å². The average molecular weight is 632 g/mol. The van der Waals surface area contributed by atoms with Gasteiger partial charge in [-0.15, -0.1) is 0 Å². The summed E-state index contributed by atoms with van der Waals surface area (Å²) in [4.78, 5) is 42.5. The number of rotatable bonds is 5. The van der Waals surface area contributed by atoms with Crippen molar-refractivity contribution in [3.05, 3.63) is 65.0 Å². The van der Waals surface area contributed by atoms with E-state index in [1.807, 2.05) is 0 Å². The van der Waals surface area contributed by atoms with Crippen LogP contribution in [0, 0.1) is 17.7 Å². The van der Waals surface area contributed by atoms with Gasteiger partial charge < -0.3 is 14.5 Å². The smallest absolute Gasteiger partial charge is 0.416 e. The van der Waals surface area contributed by atoms with Gasteiger partial charge in [-0.1, -0.05) is 12.1 Å². The van der Waals surface area contributed by atoms with Crippen molar-refractivity contribution in [1.29, 1.82) is 0 Å². The van der Waals surface area contributed by atoms with Crippen LogP contribution in [0.3, 0.4) is 0 Å². The monoisotopic (exact) mass is 631 g/mol. The highest BCUT2D eigenvalue weighted by molar-refractivity contribution is 5.92. The Hall–Kier alpha value is -3.84. The van der Waals surface area contributed by atoms with Crippen LogP contribution in [-0.4, -0.2) is 68.0 Å². The summed E-state index contributed by atoms with van der Waals surface area (Å²) in [5.74, 6) is -2.23. The fraction of sp³-hybridized carbons (Fsp3) is 0.500. The summed E-state index contributed by atoms with van der Waals surface area (Å²) in [5.41, 5.74) is -3.14. The molecule has 1 aliphatic carbocycles. The number of anilines is 1. The minimum absolute atomic E-state index is 0.0186. The van der Waals surface area contributed by atoms with Gasteiger partial charge in [-0.2, -0.15) is 26.3 Å². The van der Waals surface area contributed by atoms with Crippen LogP contribution in [0.1, 0.15) is 48.3 Å². The van der Waals surface area contributed by atoms with Crippen LogP contribution in [0.2, 0.25) is 0 Å². The van der Waals surface area contributed by atoms with E-state index in [1.165, 1.54) is 43.3 Å². The molecule has 3 amide bonds. The number of hydrogen-bond donors (Lipinski definition) is 0. The highest BCUT2D eigenvalue weighted by atomic mass is 19.4. The number of urea groups is 1. The number of benzene rings is 2. The zero-order valence-corrected chi connectivity index (χ0v) is 24.2. The SMILES string of the molecule is COC(=O)[C@H]1CC[C@H](C(=O)N2C[C@@H](N(C)C(=O)N(C)c3cc(C(F)(F)F)cc(C(F)(F)F)c3)[C@H](c3ccc(F)cc3)C2)CC1. The van der Waals surface area contributed by atoms with Gasteiger partial charge >= 0.3 is 24.4 Å². The molecule has 2 fully saturated rings. The highest BCUT2D eigenvalue weighted by Crippen LogP contribution is 2.40. The first kappa shape index (κ1) is 33.1. The van der Waals surface area contributed by atoms with Crippen molar-refractivity contribution in [2.45, 2.75) is 50.0 Å². The van der Waals surface area contributed by atoms with Gasteiger partial charge in [0.05, 0.1) is 30.2 Å². The van der Waals surface area contributed by atoms with E-state index in [0.717, 1.165) is 7.05 Å². The first-order valence-corrected chi connectivity index (χ1v) is 13.9. The molecule has 44 heavy (non-hydrogen) atoms. The predicted octanol–water partition coefficient (Wildman–Crippen LogP) is 6.33. The van der Waals surface area contributed by atoms with Gasteiger partial charge in [-0.3, -0.25) is 14.5 Å². The Balaban J connectivity index is 1.59. The Morgan fingerprint density at radius 2 is 1.34 bits per heavy atom. The normalized spacial score (nSPS) is 22.5. The van der Waals surface area contributed by atoms with Gasteiger partial charge in [0, 0.05) is 44.7 Å². The quantitative estimate of drug-likeness (QED) is 0.286. The number of ether oxygens (including phenoxy) is 1. The third-order valence-electron chi connectivity index (χ3n) is 8.56. The van der Waals surface area contributed by atoms with E-state index in [9.17, 15) is 45.1 Å². The lowest BCUT2D eigenvalue weighted by molar-refractivity contribution is -0.148. The Bertz CT molecular complexity index is 1340. The summed E-state index contributed by atoms with van der Waals surface area (Å²) >= 11 is 0. The highest BCUT2D eigenvalue weighted by Gasteiger charge is 2.44. The molecule has 0 spiro atoms. The summed E-state index contributed by atoms with van der Waals surface area (Å²) in [6.45, 7) is 0.180.